The first-order valence-corrected chi connectivity index (χ1v) is 8.44. The number of methoxy groups -OCH3 is 1. The molecule has 1 atom stereocenters. The first kappa shape index (κ1) is 18.5. The van der Waals surface area contributed by atoms with Crippen LogP contribution in [0.15, 0.2) is 24.3 Å². The van der Waals surface area contributed by atoms with Gasteiger partial charge >= 0.3 is 0 Å². The lowest BCUT2D eigenvalue weighted by molar-refractivity contribution is 0.190. The number of hydrogen-bond acceptors (Lipinski definition) is 2. The molecule has 0 amide bonds. The molecular weight excluding hydrogens is 282 g/mol. The maximum atomic E-state index is 6.30. The zero-order chi connectivity index (χ0) is 15.5. The molecule has 0 heterocycles. The molecule has 0 aromatic heterocycles. The Kier molecular flexibility index (Phi) is 9.73. The fourth-order valence-corrected chi connectivity index (χ4v) is 2.72. The SMILES string of the molecule is COCCCCC(CNCC(C)C)Cc1ccccc1Cl. The van der Waals surface area contributed by atoms with E-state index in [0.29, 0.717) is 11.8 Å². The van der Waals surface area contributed by atoms with E-state index in [1.165, 1.54) is 18.4 Å². The molecule has 2 nitrogen and oxygen atoms in total. The van der Waals surface area contributed by atoms with E-state index < -0.39 is 0 Å². The van der Waals surface area contributed by atoms with E-state index >= 15 is 0 Å². The quantitative estimate of drug-likeness (QED) is 0.605. The van der Waals surface area contributed by atoms with Crippen molar-refractivity contribution in [2.45, 2.75) is 39.5 Å². The summed E-state index contributed by atoms with van der Waals surface area (Å²) in [4.78, 5) is 0. The van der Waals surface area contributed by atoms with Gasteiger partial charge in [-0.3, -0.25) is 0 Å². The molecule has 1 N–H and O–H groups in total. The number of benzene rings is 1. The molecule has 3 heteroatoms. The fourth-order valence-electron chi connectivity index (χ4n) is 2.51. The summed E-state index contributed by atoms with van der Waals surface area (Å²) in [6.07, 6.45) is 4.63. The van der Waals surface area contributed by atoms with E-state index in [1.807, 2.05) is 12.1 Å². The second-order valence-electron chi connectivity index (χ2n) is 6.20. The summed E-state index contributed by atoms with van der Waals surface area (Å²) in [5, 5.41) is 4.48. The number of hydrogen-bond donors (Lipinski definition) is 1. The number of halogens is 1. The van der Waals surface area contributed by atoms with Crippen molar-refractivity contribution in [1.29, 1.82) is 0 Å². The van der Waals surface area contributed by atoms with E-state index in [9.17, 15) is 0 Å². The summed E-state index contributed by atoms with van der Waals surface area (Å²) in [5.74, 6) is 1.33. The van der Waals surface area contributed by atoms with Gasteiger partial charge in [0.2, 0.25) is 0 Å². The topological polar surface area (TPSA) is 21.3 Å². The third kappa shape index (κ3) is 8.45. The molecule has 0 spiro atoms. The van der Waals surface area contributed by atoms with Gasteiger partial charge in [0.15, 0.2) is 0 Å². The molecule has 0 aliphatic carbocycles. The minimum atomic E-state index is 0.639. The molecule has 0 saturated heterocycles. The summed E-state index contributed by atoms with van der Waals surface area (Å²) >= 11 is 6.30. The van der Waals surface area contributed by atoms with Crippen LogP contribution in [-0.2, 0) is 11.2 Å². The van der Waals surface area contributed by atoms with E-state index in [-0.39, 0.29) is 0 Å². The Morgan fingerprint density at radius 1 is 1.14 bits per heavy atom. The van der Waals surface area contributed by atoms with Gasteiger partial charge in [-0.25, -0.2) is 0 Å². The standard InChI is InChI=1S/C18H30ClNO/c1-15(2)13-20-14-16(8-6-7-11-21-3)12-17-9-4-5-10-18(17)19/h4-5,9-10,15-16,20H,6-8,11-14H2,1-3H3. The molecule has 120 valence electrons. The minimum absolute atomic E-state index is 0.639. The lowest BCUT2D eigenvalue weighted by atomic mass is 9.93. The molecule has 0 radical (unpaired) electrons. The molecule has 0 saturated carbocycles. The molecule has 0 aliphatic heterocycles. The van der Waals surface area contributed by atoms with Gasteiger partial charge in [0.25, 0.3) is 0 Å². The maximum absolute atomic E-state index is 6.30. The lowest BCUT2D eigenvalue weighted by Crippen LogP contribution is -2.27. The average Bonchev–Trinajstić information content (AvgIpc) is 2.45. The third-order valence-corrected chi connectivity index (χ3v) is 4.03. The highest BCUT2D eigenvalue weighted by Crippen LogP contribution is 2.21. The zero-order valence-corrected chi connectivity index (χ0v) is 14.5. The van der Waals surface area contributed by atoms with Crippen LogP contribution in [0.5, 0.6) is 0 Å². The summed E-state index contributed by atoms with van der Waals surface area (Å²) in [7, 11) is 1.77. The predicted octanol–water partition coefficient (Wildman–Crippen LogP) is 4.56. The van der Waals surface area contributed by atoms with Gasteiger partial charge in [0.1, 0.15) is 0 Å². The van der Waals surface area contributed by atoms with Gasteiger partial charge in [-0.05, 0) is 55.8 Å². The van der Waals surface area contributed by atoms with Crippen LogP contribution in [0, 0.1) is 11.8 Å². The Balaban J connectivity index is 2.47. The molecule has 1 aromatic carbocycles. The second kappa shape index (κ2) is 11.1. The Morgan fingerprint density at radius 3 is 2.57 bits per heavy atom. The van der Waals surface area contributed by atoms with Gasteiger partial charge in [-0.2, -0.15) is 0 Å². The van der Waals surface area contributed by atoms with Crippen LogP contribution in [0.3, 0.4) is 0 Å². The first-order valence-electron chi connectivity index (χ1n) is 8.06. The number of nitrogens with one attached hydrogen (secondary N) is 1. The van der Waals surface area contributed by atoms with E-state index in [0.717, 1.165) is 37.6 Å². The molecule has 0 aliphatic rings. The molecule has 0 bridgehead atoms. The van der Waals surface area contributed by atoms with Gasteiger partial charge < -0.3 is 10.1 Å². The van der Waals surface area contributed by atoms with Crippen molar-refractivity contribution >= 4 is 11.6 Å². The van der Waals surface area contributed by atoms with E-state index in [4.69, 9.17) is 16.3 Å². The summed E-state index contributed by atoms with van der Waals surface area (Å²) < 4.78 is 5.14. The van der Waals surface area contributed by atoms with Gasteiger partial charge in [0.05, 0.1) is 0 Å². The van der Waals surface area contributed by atoms with Gasteiger partial charge in [0, 0.05) is 18.7 Å². The number of ether oxygens (including phenoxy) is 1. The highest BCUT2D eigenvalue weighted by atomic mass is 35.5. The Hall–Kier alpha value is -0.570. The Bertz CT molecular complexity index is 381. The first-order chi connectivity index (χ1) is 10.1. The predicted molar refractivity (Wildman–Crippen MR) is 92.1 cm³/mol. The Labute approximate surface area is 135 Å². The highest BCUT2D eigenvalue weighted by Gasteiger charge is 2.11. The molecule has 1 unspecified atom stereocenters. The summed E-state index contributed by atoms with van der Waals surface area (Å²) in [5.41, 5.74) is 1.27. The largest absolute Gasteiger partial charge is 0.385 e. The van der Waals surface area contributed by atoms with Crippen molar-refractivity contribution in [2.75, 3.05) is 26.8 Å². The molecule has 1 rings (SSSR count). The van der Waals surface area contributed by atoms with Crippen molar-refractivity contribution in [3.63, 3.8) is 0 Å². The lowest BCUT2D eigenvalue weighted by Gasteiger charge is -2.19. The van der Waals surface area contributed by atoms with Crippen LogP contribution in [0.2, 0.25) is 5.02 Å². The average molecular weight is 312 g/mol. The molecule has 21 heavy (non-hydrogen) atoms. The fraction of sp³-hybridized carbons (Fsp3) is 0.667. The highest BCUT2D eigenvalue weighted by molar-refractivity contribution is 6.31. The van der Waals surface area contributed by atoms with Crippen molar-refractivity contribution in [1.82, 2.24) is 5.32 Å². The molecule has 0 fully saturated rings. The summed E-state index contributed by atoms with van der Waals surface area (Å²) in [6, 6.07) is 8.20. The van der Waals surface area contributed by atoms with Gasteiger partial charge in [-0.1, -0.05) is 50.1 Å². The Morgan fingerprint density at radius 2 is 1.90 bits per heavy atom. The van der Waals surface area contributed by atoms with E-state index in [2.05, 4.69) is 31.3 Å². The number of rotatable bonds is 11. The summed E-state index contributed by atoms with van der Waals surface area (Å²) in [6.45, 7) is 7.50. The zero-order valence-electron chi connectivity index (χ0n) is 13.7. The van der Waals surface area contributed by atoms with Crippen LogP contribution in [-0.4, -0.2) is 26.8 Å². The molecule has 1 aromatic rings. The number of unbranched alkanes of at least 4 members (excludes halogenated alkanes) is 1. The van der Waals surface area contributed by atoms with Crippen LogP contribution >= 0.6 is 11.6 Å². The monoisotopic (exact) mass is 311 g/mol. The normalized spacial score (nSPS) is 12.8. The van der Waals surface area contributed by atoms with Crippen molar-refractivity contribution < 1.29 is 4.74 Å². The second-order valence-corrected chi connectivity index (χ2v) is 6.61. The maximum Gasteiger partial charge on any atom is 0.0462 e. The van der Waals surface area contributed by atoms with Crippen molar-refractivity contribution in [3.8, 4) is 0 Å². The van der Waals surface area contributed by atoms with Crippen molar-refractivity contribution in [3.05, 3.63) is 34.9 Å². The van der Waals surface area contributed by atoms with Crippen LogP contribution < -0.4 is 5.32 Å². The van der Waals surface area contributed by atoms with Crippen LogP contribution in [0.25, 0.3) is 0 Å². The minimum Gasteiger partial charge on any atom is -0.385 e. The molecular formula is C18H30ClNO. The smallest absolute Gasteiger partial charge is 0.0462 e. The van der Waals surface area contributed by atoms with Crippen molar-refractivity contribution in [2.24, 2.45) is 11.8 Å². The van der Waals surface area contributed by atoms with Gasteiger partial charge in [-0.15, -0.1) is 0 Å². The van der Waals surface area contributed by atoms with Crippen LogP contribution in [0.4, 0.5) is 0 Å². The van der Waals surface area contributed by atoms with Crippen LogP contribution in [0.1, 0.15) is 38.7 Å². The third-order valence-electron chi connectivity index (χ3n) is 3.66. The van der Waals surface area contributed by atoms with E-state index in [1.54, 1.807) is 7.11 Å².